The molecule has 33 heavy (non-hydrogen) atoms. The molecular weight excluding hydrogens is 442 g/mol. The number of sulfone groups is 1. The number of fused-ring (bicyclic) bond motifs is 1. The van der Waals surface area contributed by atoms with Gasteiger partial charge in [0.2, 0.25) is 0 Å². The number of aromatic nitrogens is 4. The molecule has 1 aliphatic rings. The Kier molecular flexibility index (Phi) is 5.41. The molecular formula is C23H25N5O4S. The van der Waals surface area contributed by atoms with Crippen molar-refractivity contribution in [3.8, 4) is 11.4 Å². The third kappa shape index (κ3) is 4.11. The van der Waals surface area contributed by atoms with Crippen molar-refractivity contribution in [2.45, 2.75) is 19.1 Å². The minimum absolute atomic E-state index is 0.396. The van der Waals surface area contributed by atoms with Crippen LogP contribution in [0.2, 0.25) is 0 Å². The summed E-state index contributed by atoms with van der Waals surface area (Å²) in [7, 11) is -3.60. The van der Waals surface area contributed by atoms with Gasteiger partial charge in [-0.1, -0.05) is 5.16 Å². The number of aromatic amines is 1. The lowest BCUT2D eigenvalue weighted by Gasteiger charge is -2.29. The summed E-state index contributed by atoms with van der Waals surface area (Å²) in [6.07, 6.45) is 3.09. The smallest absolute Gasteiger partial charge is 0.161 e. The average Bonchev–Trinajstić information content (AvgIpc) is 3.40. The van der Waals surface area contributed by atoms with Crippen molar-refractivity contribution in [3.63, 3.8) is 0 Å². The van der Waals surface area contributed by atoms with Gasteiger partial charge in [0.15, 0.2) is 15.7 Å². The summed E-state index contributed by atoms with van der Waals surface area (Å²) >= 11 is 0. The molecule has 0 aliphatic carbocycles. The molecule has 172 valence electrons. The first-order chi connectivity index (χ1) is 15.8. The van der Waals surface area contributed by atoms with Crippen molar-refractivity contribution >= 4 is 26.6 Å². The molecule has 4 aromatic rings. The second-order valence-corrected chi connectivity index (χ2v) is 10.4. The maximum atomic E-state index is 13.0. The minimum atomic E-state index is -3.60. The monoisotopic (exact) mass is 467 g/mol. The van der Waals surface area contributed by atoms with E-state index in [-0.39, 0.29) is 0 Å². The second-order valence-electron chi connectivity index (χ2n) is 8.30. The molecule has 1 fully saturated rings. The molecule has 0 radical (unpaired) electrons. The molecule has 5 rings (SSSR count). The first-order valence-corrected chi connectivity index (χ1v) is 12.7. The van der Waals surface area contributed by atoms with Gasteiger partial charge in [-0.25, -0.2) is 18.4 Å². The summed E-state index contributed by atoms with van der Waals surface area (Å²) in [4.78, 5) is 14.9. The molecule has 0 saturated carbocycles. The van der Waals surface area contributed by atoms with Crippen LogP contribution in [0, 0.1) is 13.8 Å². The minimum Gasteiger partial charge on any atom is -0.378 e. The molecule has 10 heteroatoms. The molecule has 1 saturated heterocycles. The van der Waals surface area contributed by atoms with Crippen molar-refractivity contribution in [1.82, 2.24) is 20.1 Å². The molecule has 0 spiro atoms. The summed E-state index contributed by atoms with van der Waals surface area (Å²) in [6.45, 7) is 5.98. The summed E-state index contributed by atoms with van der Waals surface area (Å²) < 4.78 is 36.9. The number of ether oxygens (including phenoxy) is 1. The number of aryl methyl sites for hydroxylation is 2. The second kappa shape index (κ2) is 8.27. The van der Waals surface area contributed by atoms with Crippen LogP contribution in [0.3, 0.4) is 0 Å². The number of rotatable bonds is 5. The van der Waals surface area contributed by atoms with E-state index in [1.165, 1.54) is 6.26 Å². The maximum absolute atomic E-state index is 13.0. The van der Waals surface area contributed by atoms with Gasteiger partial charge in [-0.2, -0.15) is 0 Å². The largest absolute Gasteiger partial charge is 0.378 e. The van der Waals surface area contributed by atoms with Crippen LogP contribution in [-0.2, 0) is 14.6 Å². The quantitative estimate of drug-likeness (QED) is 0.476. The van der Waals surface area contributed by atoms with Crippen molar-refractivity contribution in [2.75, 3.05) is 37.5 Å². The van der Waals surface area contributed by atoms with Gasteiger partial charge in [0, 0.05) is 53.6 Å². The van der Waals surface area contributed by atoms with Crippen LogP contribution in [0.15, 0.2) is 41.1 Å². The Balaban J connectivity index is 1.72. The van der Waals surface area contributed by atoms with Crippen molar-refractivity contribution in [1.29, 1.82) is 0 Å². The fourth-order valence-corrected chi connectivity index (χ4v) is 5.63. The molecule has 1 unspecified atom stereocenters. The highest BCUT2D eigenvalue weighted by Gasteiger charge is 2.33. The van der Waals surface area contributed by atoms with Gasteiger partial charge < -0.3 is 19.1 Å². The summed E-state index contributed by atoms with van der Waals surface area (Å²) in [5.74, 6) is 1.61. The topological polar surface area (TPSA) is 114 Å². The first kappa shape index (κ1) is 21.6. The van der Waals surface area contributed by atoms with Crippen LogP contribution < -0.4 is 4.90 Å². The summed E-state index contributed by atoms with van der Waals surface area (Å²) in [5.41, 5.74) is 3.27. The van der Waals surface area contributed by atoms with Gasteiger partial charge in [0.1, 0.15) is 16.8 Å². The molecule has 4 heterocycles. The Morgan fingerprint density at radius 3 is 2.58 bits per heavy atom. The lowest BCUT2D eigenvalue weighted by Crippen LogP contribution is -2.37. The van der Waals surface area contributed by atoms with Crippen LogP contribution in [0.4, 0.5) is 5.82 Å². The predicted octanol–water partition coefficient (Wildman–Crippen LogP) is 3.20. The van der Waals surface area contributed by atoms with Gasteiger partial charge in [0.05, 0.1) is 24.6 Å². The lowest BCUT2D eigenvalue weighted by atomic mass is 10.1. The van der Waals surface area contributed by atoms with E-state index in [1.54, 1.807) is 19.9 Å². The van der Waals surface area contributed by atoms with Gasteiger partial charge in [-0.05, 0) is 38.1 Å². The number of morpholine rings is 1. The Hall–Kier alpha value is -3.24. The Morgan fingerprint density at radius 2 is 1.88 bits per heavy atom. The highest BCUT2D eigenvalue weighted by Crippen LogP contribution is 2.35. The van der Waals surface area contributed by atoms with Gasteiger partial charge in [-0.3, -0.25) is 0 Å². The van der Waals surface area contributed by atoms with Crippen molar-refractivity contribution in [3.05, 3.63) is 59.2 Å². The average molecular weight is 468 g/mol. The van der Waals surface area contributed by atoms with Crippen LogP contribution in [0.5, 0.6) is 0 Å². The highest BCUT2D eigenvalue weighted by atomic mass is 32.2. The molecule has 0 amide bonds. The van der Waals surface area contributed by atoms with E-state index in [4.69, 9.17) is 19.2 Å². The van der Waals surface area contributed by atoms with E-state index in [0.29, 0.717) is 60.7 Å². The summed E-state index contributed by atoms with van der Waals surface area (Å²) in [6, 6.07) is 9.65. The number of hydrogen-bond donors (Lipinski definition) is 1. The van der Waals surface area contributed by atoms with E-state index in [1.807, 2.05) is 30.5 Å². The number of H-pyrrole nitrogens is 1. The number of benzene rings is 1. The van der Waals surface area contributed by atoms with Gasteiger partial charge >= 0.3 is 0 Å². The molecule has 9 nitrogen and oxygen atoms in total. The van der Waals surface area contributed by atoms with Crippen LogP contribution in [0.1, 0.15) is 28.0 Å². The molecule has 1 N–H and O–H groups in total. The van der Waals surface area contributed by atoms with E-state index in [9.17, 15) is 8.42 Å². The maximum Gasteiger partial charge on any atom is 0.161 e. The first-order valence-electron chi connectivity index (χ1n) is 10.7. The zero-order chi connectivity index (χ0) is 23.2. The molecule has 1 aromatic carbocycles. The molecule has 1 aliphatic heterocycles. The number of nitrogens with one attached hydrogen (secondary N) is 1. The number of anilines is 1. The Morgan fingerprint density at radius 1 is 1.09 bits per heavy atom. The molecule has 1 atom stereocenters. The van der Waals surface area contributed by atoms with Gasteiger partial charge in [-0.15, -0.1) is 0 Å². The fourth-order valence-electron chi connectivity index (χ4n) is 4.31. The molecule has 3 aromatic heterocycles. The Bertz CT molecular complexity index is 1400. The fraction of sp³-hybridized carbons (Fsp3) is 0.348. The van der Waals surface area contributed by atoms with E-state index < -0.39 is 15.1 Å². The van der Waals surface area contributed by atoms with E-state index in [2.05, 4.69) is 15.0 Å². The highest BCUT2D eigenvalue weighted by molar-refractivity contribution is 7.91. The third-order valence-electron chi connectivity index (χ3n) is 5.93. The zero-order valence-electron chi connectivity index (χ0n) is 18.7. The Labute approximate surface area is 191 Å². The SMILES string of the molecule is Cc1noc(C)c1C(c1cc(N2CCOCC2)nc(-c2ccc3[nH]ccc3c2)n1)S(C)(=O)=O. The van der Waals surface area contributed by atoms with Crippen LogP contribution in [0.25, 0.3) is 22.3 Å². The predicted molar refractivity (Wildman–Crippen MR) is 125 cm³/mol. The summed E-state index contributed by atoms with van der Waals surface area (Å²) in [5, 5.41) is 4.00. The number of hydrogen-bond acceptors (Lipinski definition) is 8. The third-order valence-corrected chi connectivity index (χ3v) is 7.26. The van der Waals surface area contributed by atoms with Crippen molar-refractivity contribution < 1.29 is 17.7 Å². The van der Waals surface area contributed by atoms with Crippen LogP contribution >= 0.6 is 0 Å². The van der Waals surface area contributed by atoms with Crippen LogP contribution in [-0.4, -0.2) is 61.1 Å². The standard InChI is InChI=1S/C23H25N5O4S/c1-14-21(15(2)32-27-14)22(33(3,29)30)19-13-20(28-8-10-31-11-9-28)26-23(25-19)17-4-5-18-16(12-17)6-7-24-18/h4-7,12-13,22,24H,8-11H2,1-3H3. The zero-order valence-corrected chi connectivity index (χ0v) is 19.5. The lowest BCUT2D eigenvalue weighted by molar-refractivity contribution is 0.122. The van der Waals surface area contributed by atoms with E-state index in [0.717, 1.165) is 16.5 Å². The van der Waals surface area contributed by atoms with Gasteiger partial charge in [0.25, 0.3) is 0 Å². The normalized spacial score (nSPS) is 15.8. The molecule has 0 bridgehead atoms. The van der Waals surface area contributed by atoms with Crippen molar-refractivity contribution in [2.24, 2.45) is 0 Å². The van der Waals surface area contributed by atoms with E-state index >= 15 is 0 Å². The number of nitrogens with zero attached hydrogens (tertiary/aromatic N) is 4.